The smallest absolute Gasteiger partial charge is 0.125 e. The maximum Gasteiger partial charge on any atom is 0.125 e. The molecule has 0 spiro atoms. The van der Waals surface area contributed by atoms with Crippen molar-refractivity contribution in [1.82, 2.24) is 5.32 Å². The molecule has 94 valence electrons. The van der Waals surface area contributed by atoms with Crippen LogP contribution in [0.2, 0.25) is 0 Å². The molecular weight excluding hydrogens is 215 g/mol. The Morgan fingerprint density at radius 1 is 1.41 bits per heavy atom. The number of aryl methyl sites for hydroxylation is 1. The fourth-order valence-corrected chi connectivity index (χ4v) is 2.50. The van der Waals surface area contributed by atoms with Gasteiger partial charge in [-0.15, -0.1) is 0 Å². The number of benzene rings is 1. The number of rotatable bonds is 3. The number of nitrogens with zero attached hydrogens (tertiary/aromatic N) is 1. The van der Waals surface area contributed by atoms with Crippen molar-refractivity contribution in [1.29, 1.82) is 0 Å². The summed E-state index contributed by atoms with van der Waals surface area (Å²) in [6, 6.07) is 5.82. The van der Waals surface area contributed by atoms with Crippen molar-refractivity contribution in [2.75, 3.05) is 24.5 Å². The zero-order chi connectivity index (χ0) is 12.3. The van der Waals surface area contributed by atoms with E-state index in [1.165, 1.54) is 12.8 Å². The van der Waals surface area contributed by atoms with Gasteiger partial charge in [-0.3, -0.25) is 0 Å². The molecule has 1 heterocycles. The van der Waals surface area contributed by atoms with Crippen LogP contribution in [0.4, 0.5) is 10.1 Å². The van der Waals surface area contributed by atoms with Crippen LogP contribution in [0.3, 0.4) is 0 Å². The molecule has 1 aromatic carbocycles. The first-order valence-electron chi connectivity index (χ1n) is 6.44. The van der Waals surface area contributed by atoms with Crippen LogP contribution < -0.4 is 10.2 Å². The Balaban J connectivity index is 2.10. The van der Waals surface area contributed by atoms with Gasteiger partial charge in [0.2, 0.25) is 0 Å². The van der Waals surface area contributed by atoms with Crippen LogP contribution >= 0.6 is 0 Å². The lowest BCUT2D eigenvalue weighted by molar-refractivity contribution is 0.430. The summed E-state index contributed by atoms with van der Waals surface area (Å²) in [6.45, 7) is 7.07. The SMILES string of the molecule is CCCC1CN(c2cc(C)cc(F)c2)CCN1. The Morgan fingerprint density at radius 2 is 2.24 bits per heavy atom. The van der Waals surface area contributed by atoms with Crippen molar-refractivity contribution in [3.8, 4) is 0 Å². The van der Waals surface area contributed by atoms with Gasteiger partial charge >= 0.3 is 0 Å². The lowest BCUT2D eigenvalue weighted by atomic mass is 10.1. The van der Waals surface area contributed by atoms with Gasteiger partial charge in [-0.2, -0.15) is 0 Å². The molecule has 1 fully saturated rings. The van der Waals surface area contributed by atoms with E-state index in [1.54, 1.807) is 12.1 Å². The Bertz CT molecular complexity index is 356. The van der Waals surface area contributed by atoms with Crippen molar-refractivity contribution in [2.24, 2.45) is 0 Å². The van der Waals surface area contributed by atoms with Crippen molar-refractivity contribution >= 4 is 5.69 Å². The summed E-state index contributed by atoms with van der Waals surface area (Å²) in [5.74, 6) is -0.134. The maximum atomic E-state index is 13.4. The number of anilines is 1. The minimum atomic E-state index is -0.134. The first-order chi connectivity index (χ1) is 8.19. The molecule has 1 aliphatic rings. The van der Waals surface area contributed by atoms with E-state index in [9.17, 15) is 4.39 Å². The average Bonchev–Trinajstić information content (AvgIpc) is 2.28. The summed E-state index contributed by atoms with van der Waals surface area (Å²) < 4.78 is 13.4. The van der Waals surface area contributed by atoms with E-state index in [-0.39, 0.29) is 5.82 Å². The molecule has 0 saturated carbocycles. The topological polar surface area (TPSA) is 15.3 Å². The molecule has 0 aromatic heterocycles. The monoisotopic (exact) mass is 236 g/mol. The first-order valence-corrected chi connectivity index (χ1v) is 6.44. The van der Waals surface area contributed by atoms with Crippen LogP contribution in [0.25, 0.3) is 0 Å². The minimum Gasteiger partial charge on any atom is -0.369 e. The van der Waals surface area contributed by atoms with Gasteiger partial charge in [0.1, 0.15) is 5.82 Å². The second-order valence-electron chi connectivity index (χ2n) is 4.87. The molecule has 2 rings (SSSR count). The Kier molecular flexibility index (Phi) is 4.00. The third-order valence-corrected chi connectivity index (χ3v) is 3.28. The maximum absolute atomic E-state index is 13.4. The quantitative estimate of drug-likeness (QED) is 0.868. The highest BCUT2D eigenvalue weighted by Crippen LogP contribution is 2.20. The lowest BCUT2D eigenvalue weighted by Gasteiger charge is -2.35. The molecule has 2 nitrogen and oxygen atoms in total. The van der Waals surface area contributed by atoms with Crippen LogP contribution in [-0.2, 0) is 0 Å². The molecule has 1 aromatic rings. The summed E-state index contributed by atoms with van der Waals surface area (Å²) in [4.78, 5) is 2.28. The molecule has 1 atom stereocenters. The highest BCUT2D eigenvalue weighted by Gasteiger charge is 2.19. The summed E-state index contributed by atoms with van der Waals surface area (Å²) >= 11 is 0. The van der Waals surface area contributed by atoms with Crippen molar-refractivity contribution in [3.05, 3.63) is 29.6 Å². The van der Waals surface area contributed by atoms with Crippen LogP contribution in [0, 0.1) is 12.7 Å². The lowest BCUT2D eigenvalue weighted by Crippen LogP contribution is -2.50. The average molecular weight is 236 g/mol. The van der Waals surface area contributed by atoms with E-state index in [2.05, 4.69) is 23.2 Å². The molecule has 3 heteroatoms. The van der Waals surface area contributed by atoms with E-state index in [0.29, 0.717) is 6.04 Å². The summed E-state index contributed by atoms with van der Waals surface area (Å²) in [7, 11) is 0. The van der Waals surface area contributed by atoms with E-state index in [4.69, 9.17) is 0 Å². The van der Waals surface area contributed by atoms with E-state index >= 15 is 0 Å². The van der Waals surface area contributed by atoms with Gasteiger partial charge in [0, 0.05) is 31.4 Å². The van der Waals surface area contributed by atoms with Crippen molar-refractivity contribution in [3.63, 3.8) is 0 Å². The van der Waals surface area contributed by atoms with Gasteiger partial charge in [-0.1, -0.05) is 13.3 Å². The standard InChI is InChI=1S/C14H21FN2/c1-3-4-13-10-17(6-5-16-13)14-8-11(2)7-12(15)9-14/h7-9,13,16H,3-6,10H2,1-2H3. The molecule has 1 saturated heterocycles. The number of halogens is 1. The number of piperazine rings is 1. The Morgan fingerprint density at radius 3 is 2.94 bits per heavy atom. The number of hydrogen-bond donors (Lipinski definition) is 1. The van der Waals surface area contributed by atoms with Gasteiger partial charge in [0.25, 0.3) is 0 Å². The van der Waals surface area contributed by atoms with E-state index in [0.717, 1.165) is 30.9 Å². The third-order valence-electron chi connectivity index (χ3n) is 3.28. The zero-order valence-electron chi connectivity index (χ0n) is 10.7. The second kappa shape index (κ2) is 5.50. The van der Waals surface area contributed by atoms with Crippen LogP contribution in [0.5, 0.6) is 0 Å². The predicted molar refractivity (Wildman–Crippen MR) is 70.0 cm³/mol. The number of nitrogens with one attached hydrogen (secondary N) is 1. The predicted octanol–water partition coefficient (Wildman–Crippen LogP) is 2.71. The molecule has 0 bridgehead atoms. The second-order valence-corrected chi connectivity index (χ2v) is 4.87. The fourth-order valence-electron chi connectivity index (χ4n) is 2.50. The van der Waals surface area contributed by atoms with Gasteiger partial charge in [0.05, 0.1) is 0 Å². The summed E-state index contributed by atoms with van der Waals surface area (Å²) in [5, 5.41) is 3.51. The molecule has 0 aliphatic carbocycles. The molecule has 17 heavy (non-hydrogen) atoms. The Hall–Kier alpha value is -1.09. The summed E-state index contributed by atoms with van der Waals surface area (Å²) in [6.07, 6.45) is 2.37. The third kappa shape index (κ3) is 3.19. The van der Waals surface area contributed by atoms with E-state index < -0.39 is 0 Å². The van der Waals surface area contributed by atoms with Gasteiger partial charge in [-0.05, 0) is 37.1 Å². The molecular formula is C14H21FN2. The highest BCUT2D eigenvalue weighted by molar-refractivity contribution is 5.49. The van der Waals surface area contributed by atoms with Gasteiger partial charge in [0.15, 0.2) is 0 Å². The van der Waals surface area contributed by atoms with Crippen LogP contribution in [-0.4, -0.2) is 25.7 Å². The molecule has 1 aliphatic heterocycles. The molecule has 1 N–H and O–H groups in total. The van der Waals surface area contributed by atoms with E-state index in [1.807, 2.05) is 6.92 Å². The first kappa shape index (κ1) is 12.4. The molecule has 0 radical (unpaired) electrons. The van der Waals surface area contributed by atoms with Gasteiger partial charge < -0.3 is 10.2 Å². The summed E-state index contributed by atoms with van der Waals surface area (Å²) in [5.41, 5.74) is 2.01. The molecule has 0 amide bonds. The Labute approximate surface area is 103 Å². The largest absolute Gasteiger partial charge is 0.369 e. The number of hydrogen-bond acceptors (Lipinski definition) is 2. The van der Waals surface area contributed by atoms with Crippen molar-refractivity contribution in [2.45, 2.75) is 32.7 Å². The van der Waals surface area contributed by atoms with Crippen LogP contribution in [0.1, 0.15) is 25.3 Å². The molecule has 1 unspecified atom stereocenters. The fraction of sp³-hybridized carbons (Fsp3) is 0.571. The zero-order valence-corrected chi connectivity index (χ0v) is 10.7. The normalized spacial score (nSPS) is 20.6. The van der Waals surface area contributed by atoms with Crippen molar-refractivity contribution < 1.29 is 4.39 Å². The minimum absolute atomic E-state index is 0.134. The van der Waals surface area contributed by atoms with Crippen LogP contribution in [0.15, 0.2) is 18.2 Å². The highest BCUT2D eigenvalue weighted by atomic mass is 19.1. The van der Waals surface area contributed by atoms with Gasteiger partial charge in [-0.25, -0.2) is 4.39 Å².